The summed E-state index contributed by atoms with van der Waals surface area (Å²) in [7, 11) is 0. The second-order valence-corrected chi connectivity index (χ2v) is 8.32. The van der Waals surface area contributed by atoms with Gasteiger partial charge in [0.1, 0.15) is 5.82 Å². The topological polar surface area (TPSA) is 60.2 Å². The zero-order valence-corrected chi connectivity index (χ0v) is 18.6. The second kappa shape index (κ2) is 8.35. The number of benzene rings is 2. The first-order chi connectivity index (χ1) is 15.2. The van der Waals surface area contributed by atoms with Crippen LogP contribution in [0.4, 0.5) is 4.39 Å². The van der Waals surface area contributed by atoms with E-state index >= 15 is 0 Å². The number of hydrogen-bond donors (Lipinski definition) is 0. The number of rotatable bonds is 4. The monoisotopic (exact) mass is 528 g/mol. The lowest BCUT2D eigenvalue weighted by atomic mass is 10.0. The molecule has 1 fully saturated rings. The Kier molecular flexibility index (Phi) is 5.41. The number of amides is 1. The van der Waals surface area contributed by atoms with E-state index in [1.165, 1.54) is 6.07 Å². The van der Waals surface area contributed by atoms with Crippen molar-refractivity contribution in [1.29, 1.82) is 0 Å². The smallest absolute Gasteiger partial charge is 0.234 e. The molecule has 1 amide bonds. The van der Waals surface area contributed by atoms with Gasteiger partial charge in [-0.05, 0) is 52.4 Å². The van der Waals surface area contributed by atoms with Gasteiger partial charge in [-0.25, -0.2) is 14.4 Å². The number of halogens is 2. The minimum atomic E-state index is -0.312. The van der Waals surface area contributed by atoms with Crippen LogP contribution in [0.15, 0.2) is 60.9 Å². The molecule has 8 heteroatoms. The Morgan fingerprint density at radius 2 is 1.94 bits per heavy atom. The van der Waals surface area contributed by atoms with Crippen LogP contribution in [0.5, 0.6) is 0 Å². The van der Waals surface area contributed by atoms with Crippen LogP contribution in [0.25, 0.3) is 28.1 Å². The van der Waals surface area contributed by atoms with Gasteiger partial charge in [0, 0.05) is 33.5 Å². The summed E-state index contributed by atoms with van der Waals surface area (Å²) in [6, 6.07) is 14.3. The number of hydrogen-bond acceptors (Lipinski definition) is 4. The second-order valence-electron chi connectivity index (χ2n) is 7.24. The summed E-state index contributed by atoms with van der Waals surface area (Å²) >= 11 is 2.25. The molecule has 0 radical (unpaired) electrons. The predicted octanol–water partition coefficient (Wildman–Crippen LogP) is 4.36. The molecular formula is C23H18FIN4O2. The van der Waals surface area contributed by atoms with Crippen molar-refractivity contribution in [3.05, 3.63) is 75.9 Å². The minimum Gasteiger partial charge on any atom is -0.377 e. The maximum Gasteiger partial charge on any atom is 0.234 e. The third kappa shape index (κ3) is 3.49. The zero-order valence-electron chi connectivity index (χ0n) is 16.4. The Hall–Kier alpha value is -2.85. The van der Waals surface area contributed by atoms with Crippen molar-refractivity contribution in [2.24, 2.45) is 0 Å². The molecule has 2 aromatic heterocycles. The molecule has 0 aliphatic carbocycles. The van der Waals surface area contributed by atoms with E-state index in [0.29, 0.717) is 37.0 Å². The summed E-state index contributed by atoms with van der Waals surface area (Å²) in [4.78, 5) is 22.2. The SMILES string of the molecule is O=CN1CCOCC1c1ccc2c(I)c(-c3ccccc3F)n(-c3ncccn3)c2c1. The van der Waals surface area contributed by atoms with Gasteiger partial charge in [-0.3, -0.25) is 9.36 Å². The molecule has 0 N–H and O–H groups in total. The Morgan fingerprint density at radius 3 is 2.71 bits per heavy atom. The largest absolute Gasteiger partial charge is 0.377 e. The molecule has 1 saturated heterocycles. The summed E-state index contributed by atoms with van der Waals surface area (Å²) < 4.78 is 23.2. The van der Waals surface area contributed by atoms with Crippen molar-refractivity contribution in [2.75, 3.05) is 19.8 Å². The fourth-order valence-electron chi connectivity index (χ4n) is 4.01. The van der Waals surface area contributed by atoms with Crippen LogP contribution in [-0.4, -0.2) is 45.6 Å². The predicted molar refractivity (Wildman–Crippen MR) is 123 cm³/mol. The highest BCUT2D eigenvalue weighted by molar-refractivity contribution is 14.1. The van der Waals surface area contributed by atoms with Gasteiger partial charge in [0.05, 0.1) is 30.5 Å². The lowest BCUT2D eigenvalue weighted by Crippen LogP contribution is -2.38. The number of carbonyl (C=O) groups is 1. The van der Waals surface area contributed by atoms with Gasteiger partial charge >= 0.3 is 0 Å². The summed E-state index contributed by atoms with van der Waals surface area (Å²) in [6.07, 6.45) is 4.20. The fourth-order valence-corrected chi connectivity index (χ4v) is 5.00. The van der Waals surface area contributed by atoms with Gasteiger partial charge < -0.3 is 9.64 Å². The Morgan fingerprint density at radius 1 is 1.13 bits per heavy atom. The summed E-state index contributed by atoms with van der Waals surface area (Å²) in [5, 5.41) is 0.962. The van der Waals surface area contributed by atoms with Crippen molar-refractivity contribution in [3.63, 3.8) is 0 Å². The first-order valence-corrected chi connectivity index (χ1v) is 10.9. The normalized spacial score (nSPS) is 16.6. The van der Waals surface area contributed by atoms with E-state index < -0.39 is 0 Å². The fraction of sp³-hybridized carbons (Fsp3) is 0.174. The lowest BCUT2D eigenvalue weighted by Gasteiger charge is -2.33. The molecule has 4 aromatic rings. The molecule has 31 heavy (non-hydrogen) atoms. The highest BCUT2D eigenvalue weighted by Gasteiger charge is 2.26. The summed E-state index contributed by atoms with van der Waals surface area (Å²) in [6.45, 7) is 1.51. The molecule has 1 aliphatic rings. The highest BCUT2D eigenvalue weighted by atomic mass is 127. The molecule has 2 aromatic carbocycles. The quantitative estimate of drug-likeness (QED) is 0.292. The standard InChI is InChI=1S/C23H18FIN4O2/c24-18-5-2-1-4-16(18)22-21(25)17-7-6-15(20-13-31-11-10-28(20)14-30)12-19(17)29(22)23-26-8-3-9-27-23/h1-9,12,14,20H,10-11,13H2. The first kappa shape index (κ1) is 20.1. The van der Waals surface area contributed by atoms with Crippen LogP contribution in [0.3, 0.4) is 0 Å². The molecule has 0 bridgehead atoms. The van der Waals surface area contributed by atoms with Crippen molar-refractivity contribution in [1.82, 2.24) is 19.4 Å². The summed E-state index contributed by atoms with van der Waals surface area (Å²) in [5.74, 6) is 0.145. The van der Waals surface area contributed by atoms with Crippen molar-refractivity contribution in [2.45, 2.75) is 6.04 Å². The summed E-state index contributed by atoms with van der Waals surface area (Å²) in [5.41, 5.74) is 2.98. The molecule has 3 heterocycles. The highest BCUT2D eigenvalue weighted by Crippen LogP contribution is 2.39. The molecule has 1 atom stereocenters. The van der Waals surface area contributed by atoms with Crippen molar-refractivity contribution in [3.8, 4) is 17.2 Å². The molecular weight excluding hydrogens is 510 g/mol. The number of morpholine rings is 1. The van der Waals surface area contributed by atoms with E-state index in [1.807, 2.05) is 28.8 Å². The maximum atomic E-state index is 14.8. The van der Waals surface area contributed by atoms with Crippen molar-refractivity contribution >= 4 is 39.9 Å². The van der Waals surface area contributed by atoms with Crippen LogP contribution < -0.4 is 0 Å². The molecule has 0 saturated carbocycles. The molecule has 0 spiro atoms. The van der Waals surface area contributed by atoms with Crippen LogP contribution in [-0.2, 0) is 9.53 Å². The van der Waals surface area contributed by atoms with Gasteiger partial charge in [0.2, 0.25) is 12.4 Å². The molecule has 156 valence electrons. The van der Waals surface area contributed by atoms with Gasteiger partial charge in [-0.1, -0.05) is 24.3 Å². The maximum absolute atomic E-state index is 14.8. The van der Waals surface area contributed by atoms with E-state index in [0.717, 1.165) is 26.4 Å². The third-order valence-corrected chi connectivity index (χ3v) is 6.59. The van der Waals surface area contributed by atoms with E-state index in [4.69, 9.17) is 4.74 Å². The average molecular weight is 528 g/mol. The Balaban J connectivity index is 1.79. The number of aromatic nitrogens is 3. The van der Waals surface area contributed by atoms with Gasteiger partial charge in [0.15, 0.2) is 0 Å². The molecule has 1 unspecified atom stereocenters. The van der Waals surface area contributed by atoms with Gasteiger partial charge in [0.25, 0.3) is 0 Å². The average Bonchev–Trinajstić information content (AvgIpc) is 3.11. The number of fused-ring (bicyclic) bond motifs is 1. The van der Waals surface area contributed by atoms with Crippen LogP contribution in [0.1, 0.15) is 11.6 Å². The van der Waals surface area contributed by atoms with E-state index in [-0.39, 0.29) is 11.9 Å². The number of carbonyl (C=O) groups excluding carboxylic acids is 1. The molecule has 1 aliphatic heterocycles. The van der Waals surface area contributed by atoms with Gasteiger partial charge in [-0.15, -0.1) is 0 Å². The van der Waals surface area contributed by atoms with E-state index in [9.17, 15) is 9.18 Å². The third-order valence-electron chi connectivity index (χ3n) is 5.50. The van der Waals surface area contributed by atoms with Crippen LogP contribution in [0, 0.1) is 9.39 Å². The van der Waals surface area contributed by atoms with Crippen LogP contribution >= 0.6 is 22.6 Å². The number of nitrogens with zero attached hydrogens (tertiary/aromatic N) is 4. The van der Waals surface area contributed by atoms with Crippen molar-refractivity contribution < 1.29 is 13.9 Å². The molecule has 6 nitrogen and oxygen atoms in total. The van der Waals surface area contributed by atoms with E-state index in [2.05, 4.69) is 32.6 Å². The molecule has 5 rings (SSSR count). The van der Waals surface area contributed by atoms with Gasteiger partial charge in [-0.2, -0.15) is 0 Å². The lowest BCUT2D eigenvalue weighted by molar-refractivity contribution is -0.126. The van der Waals surface area contributed by atoms with Crippen LogP contribution in [0.2, 0.25) is 0 Å². The zero-order chi connectivity index (χ0) is 21.4. The van der Waals surface area contributed by atoms with E-state index in [1.54, 1.807) is 35.5 Å². The minimum absolute atomic E-state index is 0.176. The first-order valence-electron chi connectivity index (χ1n) is 9.84. The number of ether oxygens (including phenoxy) is 1. The Bertz CT molecular complexity index is 1260. The Labute approximate surface area is 191 Å².